The molecule has 0 atom stereocenters. The number of para-hydroxylation sites is 1. The number of pyridine rings is 1. The Hall–Kier alpha value is -2.61. The Bertz CT molecular complexity index is 589. The molecule has 0 radical (unpaired) electrons. The van der Waals surface area contributed by atoms with Gasteiger partial charge in [0.2, 0.25) is 0 Å². The van der Waals surface area contributed by atoms with Crippen molar-refractivity contribution in [3.05, 3.63) is 47.9 Å². The van der Waals surface area contributed by atoms with Crippen molar-refractivity contribution in [2.75, 3.05) is 11.1 Å². The summed E-state index contributed by atoms with van der Waals surface area (Å²) in [5, 5.41) is 11.7. The van der Waals surface area contributed by atoms with Gasteiger partial charge in [0.25, 0.3) is 0 Å². The summed E-state index contributed by atoms with van der Waals surface area (Å²) in [6.07, 6.45) is 1.41. The van der Waals surface area contributed by atoms with E-state index in [-0.39, 0.29) is 17.1 Å². The maximum Gasteiger partial charge on any atom is 0.148 e. The molecule has 17 heavy (non-hydrogen) atoms. The van der Waals surface area contributed by atoms with Gasteiger partial charge < -0.3 is 11.1 Å². The number of nitrogens with two attached hydrogens (primary N) is 1. The van der Waals surface area contributed by atoms with Gasteiger partial charge in [0.05, 0.1) is 23.1 Å². The molecular weight excluding hydrogens is 219 g/mol. The number of nitrogens with zero attached hydrogens (tertiary/aromatic N) is 2. The van der Waals surface area contributed by atoms with Gasteiger partial charge in [0.15, 0.2) is 0 Å². The van der Waals surface area contributed by atoms with Crippen molar-refractivity contribution < 1.29 is 4.39 Å². The Kier molecular flexibility index (Phi) is 2.88. The molecule has 5 heteroatoms. The van der Waals surface area contributed by atoms with E-state index in [1.54, 1.807) is 18.2 Å². The summed E-state index contributed by atoms with van der Waals surface area (Å²) in [6.45, 7) is 0. The average molecular weight is 228 g/mol. The van der Waals surface area contributed by atoms with Gasteiger partial charge >= 0.3 is 0 Å². The summed E-state index contributed by atoms with van der Waals surface area (Å²) in [6, 6.07) is 9.59. The van der Waals surface area contributed by atoms with E-state index in [0.717, 1.165) is 0 Å². The highest BCUT2D eigenvalue weighted by Crippen LogP contribution is 2.21. The molecule has 0 bridgehead atoms. The number of rotatable bonds is 2. The molecule has 0 aliphatic heterocycles. The molecule has 1 aromatic carbocycles. The summed E-state index contributed by atoms with van der Waals surface area (Å²) in [5.41, 5.74) is 6.44. The minimum Gasteiger partial charge on any atom is -0.397 e. The molecule has 84 valence electrons. The highest BCUT2D eigenvalue weighted by atomic mass is 19.1. The SMILES string of the molecule is N#Cc1cc(N)cnc1Nc1ccccc1F. The number of benzene rings is 1. The molecule has 0 fully saturated rings. The number of anilines is 3. The van der Waals surface area contributed by atoms with Crippen LogP contribution in [0.1, 0.15) is 5.56 Å². The fourth-order valence-corrected chi connectivity index (χ4v) is 1.36. The zero-order chi connectivity index (χ0) is 12.3. The van der Waals surface area contributed by atoms with Crippen molar-refractivity contribution in [2.45, 2.75) is 0 Å². The molecule has 0 saturated heterocycles. The van der Waals surface area contributed by atoms with Gasteiger partial charge in [-0.1, -0.05) is 12.1 Å². The molecule has 0 spiro atoms. The fraction of sp³-hybridized carbons (Fsp3) is 0. The number of nitrogens with one attached hydrogen (secondary N) is 1. The molecule has 0 amide bonds. The highest BCUT2D eigenvalue weighted by molar-refractivity contribution is 5.65. The van der Waals surface area contributed by atoms with Crippen LogP contribution < -0.4 is 11.1 Å². The van der Waals surface area contributed by atoms with E-state index in [2.05, 4.69) is 10.3 Å². The van der Waals surface area contributed by atoms with Crippen LogP contribution in [-0.4, -0.2) is 4.98 Å². The Morgan fingerprint density at radius 2 is 2.12 bits per heavy atom. The standard InChI is InChI=1S/C12H9FN4/c13-10-3-1-2-4-11(10)17-12-8(6-14)5-9(15)7-16-12/h1-5,7H,15H2,(H,16,17). The predicted molar refractivity (Wildman–Crippen MR) is 63.0 cm³/mol. The van der Waals surface area contributed by atoms with E-state index < -0.39 is 5.82 Å². The predicted octanol–water partition coefficient (Wildman–Crippen LogP) is 2.42. The van der Waals surface area contributed by atoms with Gasteiger partial charge in [-0.25, -0.2) is 9.37 Å². The van der Waals surface area contributed by atoms with Crippen LogP contribution in [0.25, 0.3) is 0 Å². The lowest BCUT2D eigenvalue weighted by molar-refractivity contribution is 0.632. The minimum absolute atomic E-state index is 0.265. The highest BCUT2D eigenvalue weighted by Gasteiger charge is 2.07. The van der Waals surface area contributed by atoms with Crippen molar-refractivity contribution in [1.82, 2.24) is 4.98 Å². The average Bonchev–Trinajstić information content (AvgIpc) is 2.34. The molecule has 4 nitrogen and oxygen atoms in total. The van der Waals surface area contributed by atoms with Gasteiger partial charge in [-0.2, -0.15) is 5.26 Å². The quantitative estimate of drug-likeness (QED) is 0.827. The fourth-order valence-electron chi connectivity index (χ4n) is 1.36. The summed E-state index contributed by atoms with van der Waals surface area (Å²) in [4.78, 5) is 3.96. The first-order chi connectivity index (χ1) is 8.20. The summed E-state index contributed by atoms with van der Waals surface area (Å²) in [5.74, 6) is -0.123. The van der Waals surface area contributed by atoms with E-state index in [4.69, 9.17) is 11.0 Å². The lowest BCUT2D eigenvalue weighted by Gasteiger charge is -2.08. The summed E-state index contributed by atoms with van der Waals surface area (Å²) < 4.78 is 13.4. The lowest BCUT2D eigenvalue weighted by Crippen LogP contribution is -2.00. The summed E-state index contributed by atoms with van der Waals surface area (Å²) >= 11 is 0. The number of hydrogen-bond acceptors (Lipinski definition) is 4. The van der Waals surface area contributed by atoms with Crippen molar-refractivity contribution in [3.8, 4) is 6.07 Å². The van der Waals surface area contributed by atoms with Gasteiger partial charge in [0.1, 0.15) is 17.7 Å². The third-order valence-corrected chi connectivity index (χ3v) is 2.16. The molecule has 1 heterocycles. The molecule has 0 aliphatic carbocycles. The monoisotopic (exact) mass is 228 g/mol. The smallest absolute Gasteiger partial charge is 0.148 e. The van der Waals surface area contributed by atoms with Gasteiger partial charge in [-0.3, -0.25) is 0 Å². The zero-order valence-corrected chi connectivity index (χ0v) is 8.81. The molecule has 0 saturated carbocycles. The van der Waals surface area contributed by atoms with Gasteiger partial charge in [-0.15, -0.1) is 0 Å². The van der Waals surface area contributed by atoms with Crippen LogP contribution in [0.3, 0.4) is 0 Å². The van der Waals surface area contributed by atoms with E-state index in [0.29, 0.717) is 5.69 Å². The van der Waals surface area contributed by atoms with Crippen molar-refractivity contribution in [2.24, 2.45) is 0 Å². The Morgan fingerprint density at radius 1 is 1.35 bits per heavy atom. The molecule has 2 rings (SSSR count). The van der Waals surface area contributed by atoms with Crippen LogP contribution >= 0.6 is 0 Å². The maximum atomic E-state index is 13.4. The first-order valence-corrected chi connectivity index (χ1v) is 4.88. The van der Waals surface area contributed by atoms with Crippen LogP contribution in [0.4, 0.5) is 21.6 Å². The van der Waals surface area contributed by atoms with Crippen LogP contribution in [0.5, 0.6) is 0 Å². The third kappa shape index (κ3) is 2.32. The van der Waals surface area contributed by atoms with Crippen molar-refractivity contribution in [1.29, 1.82) is 5.26 Å². The molecule has 0 aliphatic rings. The largest absolute Gasteiger partial charge is 0.397 e. The third-order valence-electron chi connectivity index (χ3n) is 2.16. The normalized spacial score (nSPS) is 9.65. The second kappa shape index (κ2) is 4.49. The number of hydrogen-bond donors (Lipinski definition) is 2. The first kappa shape index (κ1) is 10.9. The van der Waals surface area contributed by atoms with Crippen molar-refractivity contribution in [3.63, 3.8) is 0 Å². The maximum absolute atomic E-state index is 13.4. The zero-order valence-electron chi connectivity index (χ0n) is 8.81. The van der Waals surface area contributed by atoms with Crippen molar-refractivity contribution >= 4 is 17.2 Å². The first-order valence-electron chi connectivity index (χ1n) is 4.88. The second-order valence-electron chi connectivity index (χ2n) is 3.38. The van der Waals surface area contributed by atoms with Gasteiger partial charge in [0, 0.05) is 0 Å². The number of aromatic nitrogens is 1. The molecule has 1 aromatic heterocycles. The van der Waals surface area contributed by atoms with Crippen LogP contribution in [0, 0.1) is 17.1 Å². The number of nitrogen functional groups attached to an aromatic ring is 1. The lowest BCUT2D eigenvalue weighted by atomic mass is 10.2. The number of nitriles is 1. The van der Waals surface area contributed by atoms with Crippen LogP contribution in [0.2, 0.25) is 0 Å². The van der Waals surface area contributed by atoms with Crippen LogP contribution in [0.15, 0.2) is 36.5 Å². The molecule has 0 unspecified atom stereocenters. The van der Waals surface area contributed by atoms with E-state index >= 15 is 0 Å². The molecule has 3 N–H and O–H groups in total. The Balaban J connectivity index is 2.37. The Morgan fingerprint density at radius 3 is 2.82 bits per heavy atom. The molecular formula is C12H9FN4. The topological polar surface area (TPSA) is 74.7 Å². The summed E-state index contributed by atoms with van der Waals surface area (Å²) in [7, 11) is 0. The molecule has 2 aromatic rings. The second-order valence-corrected chi connectivity index (χ2v) is 3.38. The number of halogens is 1. The van der Waals surface area contributed by atoms with E-state index in [9.17, 15) is 4.39 Å². The van der Waals surface area contributed by atoms with Gasteiger partial charge in [-0.05, 0) is 18.2 Å². The van der Waals surface area contributed by atoms with Crippen LogP contribution in [-0.2, 0) is 0 Å². The minimum atomic E-state index is -0.407. The Labute approximate surface area is 97.5 Å². The van der Waals surface area contributed by atoms with E-state index in [1.165, 1.54) is 18.3 Å². The van der Waals surface area contributed by atoms with E-state index in [1.807, 2.05) is 6.07 Å².